The minimum atomic E-state index is -4.36. The van der Waals surface area contributed by atoms with Gasteiger partial charge in [-0.25, -0.2) is 0 Å². The molecule has 0 radical (unpaired) electrons. The van der Waals surface area contributed by atoms with Crippen molar-refractivity contribution in [3.05, 3.63) is 77.5 Å². The van der Waals surface area contributed by atoms with Gasteiger partial charge in [0.25, 0.3) is 0 Å². The number of quaternary nitrogens is 1. The van der Waals surface area contributed by atoms with Gasteiger partial charge < -0.3 is 9.59 Å². The molecule has 0 saturated carbocycles. The molecular formula is C27H30F3N2O+. The number of rotatable bonds is 5. The van der Waals surface area contributed by atoms with E-state index in [1.807, 2.05) is 30.3 Å². The Kier molecular flexibility index (Phi) is 5.69. The highest BCUT2D eigenvalue weighted by Crippen LogP contribution is 2.48. The fraction of sp³-hybridized carbons (Fsp3) is 0.444. The third-order valence-corrected chi connectivity index (χ3v) is 8.10. The number of aliphatic hydroxyl groups is 1. The standard InChI is InChI=1S/C27H30F3N2O/c1-2-19-17-32(16-18-6-5-7-21(14-18)27(28,29)30)13-11-20(19)15-25(32)26(33)23-10-12-31-24-9-4-3-8-22(23)24/h3-10,12,14,19-20,25-26,33H,2,11,13,15-17H2,1H3/q+1/t19-,20-,25+,26-,32?/m0/s1. The van der Waals surface area contributed by atoms with Gasteiger partial charge >= 0.3 is 6.18 Å². The minimum Gasteiger partial charge on any atom is -0.382 e. The van der Waals surface area contributed by atoms with Gasteiger partial charge in [0.2, 0.25) is 0 Å². The van der Waals surface area contributed by atoms with E-state index in [1.54, 1.807) is 12.3 Å². The van der Waals surface area contributed by atoms with E-state index in [1.165, 1.54) is 12.1 Å². The van der Waals surface area contributed by atoms with Crippen molar-refractivity contribution in [2.75, 3.05) is 13.1 Å². The van der Waals surface area contributed by atoms with E-state index in [0.29, 0.717) is 28.4 Å². The number of aliphatic hydroxyl groups excluding tert-OH is 1. The summed E-state index contributed by atoms with van der Waals surface area (Å²) < 4.78 is 40.8. The number of para-hydroxylation sites is 1. The Morgan fingerprint density at radius 3 is 2.73 bits per heavy atom. The molecule has 3 saturated heterocycles. The molecule has 0 spiro atoms. The normalized spacial score (nSPS) is 28.2. The predicted octanol–water partition coefficient (Wildman–Crippen LogP) is 6.12. The van der Waals surface area contributed by atoms with Crippen molar-refractivity contribution in [3.63, 3.8) is 0 Å². The Morgan fingerprint density at radius 2 is 1.94 bits per heavy atom. The topological polar surface area (TPSA) is 33.1 Å². The van der Waals surface area contributed by atoms with Gasteiger partial charge in [0.05, 0.1) is 24.2 Å². The number of pyridine rings is 1. The fourth-order valence-electron chi connectivity index (χ4n) is 6.46. The molecule has 3 aliphatic rings. The van der Waals surface area contributed by atoms with Gasteiger partial charge in [0.15, 0.2) is 0 Å². The number of piperidine rings is 3. The second-order valence-corrected chi connectivity index (χ2v) is 9.86. The molecule has 3 aliphatic heterocycles. The summed E-state index contributed by atoms with van der Waals surface area (Å²) >= 11 is 0. The molecule has 0 amide bonds. The fourth-order valence-corrected chi connectivity index (χ4v) is 6.46. The van der Waals surface area contributed by atoms with Crippen molar-refractivity contribution in [3.8, 4) is 0 Å². The SMILES string of the molecule is CC[C@H]1C[N+]2(Cc3cccc(C(F)(F)F)c3)CC[C@H]1C[C@@H]2[C@@H](O)c1ccnc2ccccc12. The molecular weight excluding hydrogens is 425 g/mol. The third kappa shape index (κ3) is 4.04. The second-order valence-electron chi connectivity index (χ2n) is 9.86. The van der Waals surface area contributed by atoms with Gasteiger partial charge in [0, 0.05) is 35.9 Å². The van der Waals surface area contributed by atoms with Crippen molar-refractivity contribution < 1.29 is 22.8 Å². The predicted molar refractivity (Wildman–Crippen MR) is 122 cm³/mol. The Morgan fingerprint density at radius 1 is 1.12 bits per heavy atom. The summed E-state index contributed by atoms with van der Waals surface area (Å²) in [5.74, 6) is 1.10. The summed E-state index contributed by atoms with van der Waals surface area (Å²) in [7, 11) is 0. The van der Waals surface area contributed by atoms with Gasteiger partial charge in [-0.15, -0.1) is 0 Å². The first-order valence-electron chi connectivity index (χ1n) is 11.8. The lowest BCUT2D eigenvalue weighted by Gasteiger charge is -2.58. The average molecular weight is 456 g/mol. The smallest absolute Gasteiger partial charge is 0.382 e. The molecule has 1 unspecified atom stereocenters. The molecule has 5 atom stereocenters. The number of hydrogen-bond acceptors (Lipinski definition) is 2. The van der Waals surface area contributed by atoms with Crippen LogP contribution in [0.25, 0.3) is 10.9 Å². The van der Waals surface area contributed by atoms with E-state index in [2.05, 4.69) is 11.9 Å². The average Bonchev–Trinajstić information content (AvgIpc) is 2.82. The van der Waals surface area contributed by atoms with Gasteiger partial charge in [-0.1, -0.05) is 37.3 Å². The molecule has 1 N–H and O–H groups in total. The summed E-state index contributed by atoms with van der Waals surface area (Å²) in [6.45, 7) is 4.51. The second kappa shape index (κ2) is 8.41. The summed E-state index contributed by atoms with van der Waals surface area (Å²) in [5, 5.41) is 12.7. The van der Waals surface area contributed by atoms with Crippen LogP contribution < -0.4 is 0 Å². The molecule has 2 aromatic carbocycles. The van der Waals surface area contributed by atoms with E-state index in [0.717, 1.165) is 54.9 Å². The highest BCUT2D eigenvalue weighted by atomic mass is 19.4. The summed E-state index contributed by atoms with van der Waals surface area (Å²) in [6, 6.07) is 15.4. The van der Waals surface area contributed by atoms with Gasteiger partial charge in [-0.05, 0) is 42.2 Å². The number of alkyl halides is 3. The van der Waals surface area contributed by atoms with E-state index in [-0.39, 0.29) is 6.04 Å². The van der Waals surface area contributed by atoms with Crippen molar-refractivity contribution in [2.45, 2.75) is 51.1 Å². The number of hydrogen-bond donors (Lipinski definition) is 1. The molecule has 3 aromatic rings. The van der Waals surface area contributed by atoms with Crippen LogP contribution in [0, 0.1) is 11.8 Å². The largest absolute Gasteiger partial charge is 0.416 e. The highest BCUT2D eigenvalue weighted by Gasteiger charge is 2.54. The van der Waals surface area contributed by atoms with Crippen molar-refractivity contribution in [1.82, 2.24) is 4.98 Å². The molecule has 174 valence electrons. The van der Waals surface area contributed by atoms with Crippen LogP contribution in [0.1, 0.15) is 49.0 Å². The first-order chi connectivity index (χ1) is 15.8. The summed E-state index contributed by atoms with van der Waals surface area (Å²) in [5.41, 5.74) is 1.81. The Balaban J connectivity index is 1.54. The third-order valence-electron chi connectivity index (χ3n) is 8.10. The Hall–Kier alpha value is -2.44. The van der Waals surface area contributed by atoms with Crippen LogP contribution >= 0.6 is 0 Å². The van der Waals surface area contributed by atoms with Crippen LogP contribution in [-0.4, -0.2) is 33.7 Å². The Bertz CT molecular complexity index is 1140. The Labute approximate surface area is 192 Å². The molecule has 4 heterocycles. The highest BCUT2D eigenvalue weighted by molar-refractivity contribution is 5.82. The molecule has 2 bridgehead atoms. The number of fused-ring (bicyclic) bond motifs is 4. The van der Waals surface area contributed by atoms with Crippen LogP contribution in [0.3, 0.4) is 0 Å². The minimum absolute atomic E-state index is 0.0492. The first kappa shape index (κ1) is 22.4. The van der Waals surface area contributed by atoms with Gasteiger partial charge in [-0.3, -0.25) is 4.98 Å². The number of benzene rings is 2. The van der Waals surface area contributed by atoms with Crippen molar-refractivity contribution in [2.24, 2.45) is 11.8 Å². The zero-order chi connectivity index (χ0) is 23.2. The van der Waals surface area contributed by atoms with Gasteiger partial charge in [0.1, 0.15) is 18.7 Å². The monoisotopic (exact) mass is 455 g/mol. The summed E-state index contributed by atoms with van der Waals surface area (Å²) in [4.78, 5) is 4.44. The van der Waals surface area contributed by atoms with Crippen molar-refractivity contribution in [1.29, 1.82) is 0 Å². The first-order valence-corrected chi connectivity index (χ1v) is 11.8. The molecule has 6 rings (SSSR count). The van der Waals surface area contributed by atoms with Crippen LogP contribution in [-0.2, 0) is 12.7 Å². The van der Waals surface area contributed by atoms with E-state index in [9.17, 15) is 18.3 Å². The molecule has 0 aliphatic carbocycles. The van der Waals surface area contributed by atoms with Crippen LogP contribution in [0.5, 0.6) is 0 Å². The molecule has 3 nitrogen and oxygen atoms in total. The van der Waals surface area contributed by atoms with Gasteiger partial charge in [-0.2, -0.15) is 13.2 Å². The van der Waals surface area contributed by atoms with Crippen LogP contribution in [0.4, 0.5) is 13.2 Å². The molecule has 6 heteroatoms. The number of aromatic nitrogens is 1. The van der Waals surface area contributed by atoms with E-state index >= 15 is 0 Å². The maximum absolute atomic E-state index is 13.4. The maximum atomic E-state index is 13.4. The molecule has 33 heavy (non-hydrogen) atoms. The lowest BCUT2D eigenvalue weighted by molar-refractivity contribution is -0.985. The van der Waals surface area contributed by atoms with E-state index < -0.39 is 17.8 Å². The number of nitrogens with zero attached hydrogens (tertiary/aromatic N) is 2. The van der Waals surface area contributed by atoms with Crippen molar-refractivity contribution >= 4 is 10.9 Å². The maximum Gasteiger partial charge on any atom is 0.416 e. The lowest BCUT2D eigenvalue weighted by Crippen LogP contribution is -2.67. The lowest BCUT2D eigenvalue weighted by atomic mass is 9.70. The zero-order valence-corrected chi connectivity index (χ0v) is 18.8. The quantitative estimate of drug-likeness (QED) is 0.470. The van der Waals surface area contributed by atoms with E-state index in [4.69, 9.17) is 0 Å². The number of halogens is 3. The molecule has 1 aromatic heterocycles. The zero-order valence-electron chi connectivity index (χ0n) is 18.8. The summed E-state index contributed by atoms with van der Waals surface area (Å²) in [6.07, 6.45) is -0.277. The molecule has 3 fully saturated rings. The van der Waals surface area contributed by atoms with Crippen LogP contribution in [0.2, 0.25) is 0 Å². The van der Waals surface area contributed by atoms with Crippen LogP contribution in [0.15, 0.2) is 60.8 Å².